The average Bonchev–Trinajstić information content (AvgIpc) is 2.97. The molecule has 1 aliphatic rings. The summed E-state index contributed by atoms with van der Waals surface area (Å²) in [4.78, 5) is 30.7. The van der Waals surface area contributed by atoms with Crippen molar-refractivity contribution in [2.75, 3.05) is 13.1 Å². The van der Waals surface area contributed by atoms with E-state index >= 15 is 0 Å². The van der Waals surface area contributed by atoms with Gasteiger partial charge in [0, 0.05) is 25.3 Å². The van der Waals surface area contributed by atoms with E-state index in [1.807, 2.05) is 25.1 Å². The van der Waals surface area contributed by atoms with Crippen molar-refractivity contribution in [3.8, 4) is 0 Å². The van der Waals surface area contributed by atoms with E-state index in [0.29, 0.717) is 37.1 Å². The van der Waals surface area contributed by atoms with Gasteiger partial charge in [-0.2, -0.15) is 0 Å². The van der Waals surface area contributed by atoms with Gasteiger partial charge < -0.3 is 9.32 Å². The summed E-state index contributed by atoms with van der Waals surface area (Å²) in [5.41, 5.74) is 2.90. The number of piperidine rings is 1. The molecule has 1 saturated heterocycles. The molecule has 26 heavy (non-hydrogen) atoms. The van der Waals surface area contributed by atoms with Crippen molar-refractivity contribution in [2.24, 2.45) is 0 Å². The molecular weight excluding hydrogens is 354 g/mol. The van der Waals surface area contributed by atoms with Crippen molar-refractivity contribution >= 4 is 28.6 Å². The SMILES string of the molecule is Cc1ccc2oc(=O)n(C3CCN(C(=O)c4cccnc4Cl)CC3)c2c1. The Morgan fingerprint density at radius 3 is 2.77 bits per heavy atom. The van der Waals surface area contributed by atoms with Gasteiger partial charge in [0.1, 0.15) is 5.15 Å². The Bertz CT molecular complexity index is 1030. The molecule has 0 N–H and O–H groups in total. The Kier molecular flexibility index (Phi) is 4.28. The third-order valence-corrected chi connectivity index (χ3v) is 5.18. The third kappa shape index (κ3) is 2.90. The van der Waals surface area contributed by atoms with Crippen LogP contribution >= 0.6 is 11.6 Å². The minimum atomic E-state index is -0.342. The molecule has 1 fully saturated rings. The van der Waals surface area contributed by atoms with Crippen molar-refractivity contribution in [3.05, 3.63) is 63.4 Å². The first-order valence-corrected chi connectivity index (χ1v) is 8.94. The van der Waals surface area contributed by atoms with E-state index in [-0.39, 0.29) is 22.9 Å². The number of likely N-dealkylation sites (tertiary alicyclic amines) is 1. The number of hydrogen-bond acceptors (Lipinski definition) is 4. The molecule has 3 heterocycles. The quantitative estimate of drug-likeness (QED) is 0.647. The van der Waals surface area contributed by atoms with Crippen LogP contribution in [0, 0.1) is 6.92 Å². The number of benzene rings is 1. The number of amides is 1. The van der Waals surface area contributed by atoms with Gasteiger partial charge in [-0.3, -0.25) is 9.36 Å². The number of aromatic nitrogens is 2. The van der Waals surface area contributed by atoms with Gasteiger partial charge in [0.2, 0.25) is 0 Å². The number of rotatable bonds is 2. The van der Waals surface area contributed by atoms with Crippen LogP contribution in [0.1, 0.15) is 34.8 Å². The second-order valence-electron chi connectivity index (χ2n) is 6.57. The van der Waals surface area contributed by atoms with E-state index < -0.39 is 0 Å². The number of hydrogen-bond donors (Lipinski definition) is 0. The molecule has 134 valence electrons. The fourth-order valence-electron chi connectivity index (χ4n) is 3.53. The van der Waals surface area contributed by atoms with Gasteiger partial charge in [-0.15, -0.1) is 0 Å². The fraction of sp³-hybridized carbons (Fsp3) is 0.316. The van der Waals surface area contributed by atoms with Crippen LogP contribution in [0.5, 0.6) is 0 Å². The van der Waals surface area contributed by atoms with Crippen LogP contribution in [0.15, 0.2) is 45.7 Å². The molecule has 0 saturated carbocycles. The van der Waals surface area contributed by atoms with Crippen molar-refractivity contribution in [1.29, 1.82) is 0 Å². The molecule has 3 aromatic rings. The normalized spacial score (nSPS) is 15.5. The lowest BCUT2D eigenvalue weighted by Gasteiger charge is -2.32. The standard InChI is InChI=1S/C19H18ClN3O3/c1-12-4-5-16-15(11-12)23(19(25)26-16)13-6-9-22(10-7-13)18(24)14-3-2-8-21-17(14)20/h2-5,8,11,13H,6-7,9-10H2,1H3. The predicted octanol–water partition coefficient (Wildman–Crippen LogP) is 3.43. The maximum atomic E-state index is 12.7. The minimum absolute atomic E-state index is 0.0129. The number of oxazole rings is 1. The summed E-state index contributed by atoms with van der Waals surface area (Å²) >= 11 is 6.03. The number of halogens is 1. The highest BCUT2D eigenvalue weighted by atomic mass is 35.5. The molecule has 6 nitrogen and oxygen atoms in total. The summed E-state index contributed by atoms with van der Waals surface area (Å²) < 4.78 is 7.09. The monoisotopic (exact) mass is 371 g/mol. The fourth-order valence-corrected chi connectivity index (χ4v) is 3.73. The topological polar surface area (TPSA) is 68.3 Å². The molecule has 7 heteroatoms. The van der Waals surface area contributed by atoms with Crippen LogP contribution in [-0.2, 0) is 0 Å². The Hall–Kier alpha value is -2.60. The van der Waals surface area contributed by atoms with Crippen LogP contribution in [-0.4, -0.2) is 33.4 Å². The zero-order valence-electron chi connectivity index (χ0n) is 14.3. The number of nitrogens with zero attached hydrogens (tertiary/aromatic N) is 3. The summed E-state index contributed by atoms with van der Waals surface area (Å²) in [7, 11) is 0. The van der Waals surface area contributed by atoms with Gasteiger partial charge in [0.15, 0.2) is 5.58 Å². The van der Waals surface area contributed by atoms with Gasteiger partial charge in [0.05, 0.1) is 11.1 Å². The summed E-state index contributed by atoms with van der Waals surface area (Å²) in [6.45, 7) is 3.10. The second-order valence-corrected chi connectivity index (χ2v) is 6.93. The Morgan fingerprint density at radius 2 is 2.04 bits per heavy atom. The minimum Gasteiger partial charge on any atom is -0.408 e. The molecule has 0 unspecified atom stereocenters. The van der Waals surface area contributed by atoms with E-state index in [4.69, 9.17) is 16.0 Å². The molecule has 0 spiro atoms. The van der Waals surface area contributed by atoms with Gasteiger partial charge in [0.25, 0.3) is 5.91 Å². The van der Waals surface area contributed by atoms with Crippen molar-refractivity contribution < 1.29 is 9.21 Å². The second kappa shape index (κ2) is 6.61. The molecule has 1 aliphatic heterocycles. The highest BCUT2D eigenvalue weighted by Crippen LogP contribution is 2.27. The zero-order valence-corrected chi connectivity index (χ0v) is 15.1. The first kappa shape index (κ1) is 16.8. The third-order valence-electron chi connectivity index (χ3n) is 4.87. The number of carbonyl (C=O) groups is 1. The lowest BCUT2D eigenvalue weighted by atomic mass is 10.0. The average molecular weight is 372 g/mol. The maximum Gasteiger partial charge on any atom is 0.420 e. The molecule has 0 radical (unpaired) electrons. The van der Waals surface area contributed by atoms with Crippen molar-refractivity contribution in [2.45, 2.75) is 25.8 Å². The molecule has 0 atom stereocenters. The van der Waals surface area contributed by atoms with E-state index in [2.05, 4.69) is 4.98 Å². The lowest BCUT2D eigenvalue weighted by Crippen LogP contribution is -2.40. The molecule has 0 bridgehead atoms. The molecule has 4 rings (SSSR count). The number of pyridine rings is 1. The highest BCUT2D eigenvalue weighted by Gasteiger charge is 2.28. The lowest BCUT2D eigenvalue weighted by molar-refractivity contribution is 0.0693. The molecule has 1 amide bonds. The van der Waals surface area contributed by atoms with Crippen LogP contribution in [0.3, 0.4) is 0 Å². The van der Waals surface area contributed by atoms with Crippen molar-refractivity contribution in [1.82, 2.24) is 14.5 Å². The number of aryl methyl sites for hydroxylation is 1. The first-order chi connectivity index (χ1) is 12.5. The number of fused-ring (bicyclic) bond motifs is 1. The van der Waals surface area contributed by atoms with Gasteiger partial charge in [-0.25, -0.2) is 9.78 Å². The summed E-state index contributed by atoms with van der Waals surface area (Å²) in [5, 5.41) is 0.215. The maximum absolute atomic E-state index is 12.7. The van der Waals surface area contributed by atoms with E-state index in [1.54, 1.807) is 27.8 Å². The van der Waals surface area contributed by atoms with Crippen LogP contribution < -0.4 is 5.76 Å². The van der Waals surface area contributed by atoms with Gasteiger partial charge in [-0.1, -0.05) is 17.7 Å². The Balaban J connectivity index is 1.55. The highest BCUT2D eigenvalue weighted by molar-refractivity contribution is 6.32. The largest absolute Gasteiger partial charge is 0.420 e. The van der Waals surface area contributed by atoms with E-state index in [1.165, 1.54) is 0 Å². The van der Waals surface area contributed by atoms with Crippen LogP contribution in [0.4, 0.5) is 0 Å². The zero-order chi connectivity index (χ0) is 18.3. The predicted molar refractivity (Wildman–Crippen MR) is 98.6 cm³/mol. The molecule has 1 aromatic carbocycles. The molecule has 2 aromatic heterocycles. The first-order valence-electron chi connectivity index (χ1n) is 8.56. The smallest absolute Gasteiger partial charge is 0.408 e. The van der Waals surface area contributed by atoms with Crippen LogP contribution in [0.2, 0.25) is 5.15 Å². The van der Waals surface area contributed by atoms with Gasteiger partial charge in [-0.05, 0) is 49.6 Å². The van der Waals surface area contributed by atoms with Gasteiger partial charge >= 0.3 is 5.76 Å². The summed E-state index contributed by atoms with van der Waals surface area (Å²) in [6, 6.07) is 9.11. The van der Waals surface area contributed by atoms with Crippen LogP contribution in [0.25, 0.3) is 11.1 Å². The van der Waals surface area contributed by atoms with E-state index in [0.717, 1.165) is 11.1 Å². The molecule has 0 aliphatic carbocycles. The van der Waals surface area contributed by atoms with Crippen molar-refractivity contribution in [3.63, 3.8) is 0 Å². The van der Waals surface area contributed by atoms with E-state index in [9.17, 15) is 9.59 Å². The Labute approximate surface area is 155 Å². The molecular formula is C19H18ClN3O3. The summed E-state index contributed by atoms with van der Waals surface area (Å²) in [6.07, 6.45) is 2.93. The number of carbonyl (C=O) groups excluding carboxylic acids is 1. The summed E-state index contributed by atoms with van der Waals surface area (Å²) in [5.74, 6) is -0.465. The Morgan fingerprint density at radius 1 is 1.27 bits per heavy atom.